The maximum Gasteiger partial charge on any atom is 0.437 e. The van der Waals surface area contributed by atoms with Crippen molar-refractivity contribution in [3.8, 4) is 11.5 Å². The molecule has 4 amide bonds. The maximum atomic E-state index is 15.1. The number of alkyl carbamates (subject to hydrolysis) is 1. The van der Waals surface area contributed by atoms with Gasteiger partial charge in [-0.2, -0.15) is 13.2 Å². The average molecular weight is 945 g/mol. The number of aromatic nitrogens is 1. The zero-order valence-electron chi connectivity index (χ0n) is 38.3. The van der Waals surface area contributed by atoms with Crippen molar-refractivity contribution in [2.75, 3.05) is 32.8 Å². The third-order valence-corrected chi connectivity index (χ3v) is 16.8. The van der Waals surface area contributed by atoms with Crippen molar-refractivity contribution in [1.29, 1.82) is 0 Å². The highest BCUT2D eigenvalue weighted by atomic mass is 32.2. The summed E-state index contributed by atoms with van der Waals surface area (Å²) >= 11 is 0. The smallest absolute Gasteiger partial charge is 0.437 e. The molecule has 66 heavy (non-hydrogen) atoms. The van der Waals surface area contributed by atoms with Crippen LogP contribution < -0.4 is 24.8 Å². The summed E-state index contributed by atoms with van der Waals surface area (Å²) in [4.78, 5) is 64.9. The number of allylic oxidation sites excluding steroid dienone is 1. The van der Waals surface area contributed by atoms with E-state index in [2.05, 4.69) is 32.2 Å². The molecule has 4 aliphatic heterocycles. The van der Waals surface area contributed by atoms with Gasteiger partial charge in [-0.15, -0.1) is 0 Å². The average Bonchev–Trinajstić information content (AvgIpc) is 3.93. The number of likely N-dealkylation sites (tertiary alicyclic amines) is 1. The zero-order chi connectivity index (χ0) is 47.2. The minimum atomic E-state index is -4.94. The van der Waals surface area contributed by atoms with E-state index >= 15 is 13.2 Å². The minimum Gasteiger partial charge on any atom is -0.490 e. The molecular weight excluding hydrogens is 882 g/mol. The molecule has 0 unspecified atom stereocenters. The number of piperidine rings is 1. The van der Waals surface area contributed by atoms with Gasteiger partial charge in [0.1, 0.15) is 35.1 Å². The molecule has 2 aromatic rings. The number of carbonyl (C=O) groups is 4. The van der Waals surface area contributed by atoms with Crippen LogP contribution in [0.4, 0.5) is 18.0 Å². The summed E-state index contributed by atoms with van der Waals surface area (Å²) in [7, 11) is -4.12. The normalized spacial score (nSPS) is 29.0. The Morgan fingerprint density at radius 3 is 2.47 bits per heavy atom. The number of hydrogen-bond donors (Lipinski definition) is 3. The number of carbonyl (C=O) groups excluding carboxylic acids is 4. The van der Waals surface area contributed by atoms with Crippen molar-refractivity contribution in [1.82, 2.24) is 30.1 Å². The SMILES string of the molecule is CCN1CCC(Oc2ccc3nc(C(F)(F)F)c4c(c3c2)CC[C@]2(C[C@H]3C(=O)N[C@]5(C(=O)NS(=O)(=O)C6(C)CC6)CC[C@H]5/C=C\CCCCC[C@H](NC(=O)OCC(C)C)C(=O)N3C2)O4)CC1. The Labute approximate surface area is 384 Å². The molecule has 15 nitrogen and oxygen atoms in total. The predicted molar refractivity (Wildman–Crippen MR) is 238 cm³/mol. The monoisotopic (exact) mass is 944 g/mol. The summed E-state index contributed by atoms with van der Waals surface area (Å²) < 4.78 is 91.4. The fourth-order valence-electron chi connectivity index (χ4n) is 10.1. The second-order valence-electron chi connectivity index (χ2n) is 19.9. The topological polar surface area (TPSA) is 186 Å². The van der Waals surface area contributed by atoms with E-state index in [4.69, 9.17) is 14.2 Å². The van der Waals surface area contributed by atoms with E-state index in [-0.39, 0.29) is 68.4 Å². The van der Waals surface area contributed by atoms with Crippen LogP contribution in [0.15, 0.2) is 30.4 Å². The van der Waals surface area contributed by atoms with Gasteiger partial charge in [-0.25, -0.2) is 18.2 Å². The Kier molecular flexibility index (Phi) is 13.4. The second-order valence-corrected chi connectivity index (χ2v) is 22.1. The van der Waals surface area contributed by atoms with E-state index < -0.39 is 85.3 Å². The van der Waals surface area contributed by atoms with Gasteiger partial charge in [0.15, 0.2) is 11.4 Å². The highest BCUT2D eigenvalue weighted by Gasteiger charge is 2.60. The molecule has 2 saturated carbocycles. The Morgan fingerprint density at radius 1 is 1.05 bits per heavy atom. The molecule has 5 heterocycles. The molecule has 1 spiro atoms. The van der Waals surface area contributed by atoms with Crippen LogP contribution >= 0.6 is 0 Å². The summed E-state index contributed by atoms with van der Waals surface area (Å²) in [6.45, 7) is 9.82. The van der Waals surface area contributed by atoms with Crippen molar-refractivity contribution in [3.05, 3.63) is 41.6 Å². The van der Waals surface area contributed by atoms with Crippen molar-refractivity contribution < 1.29 is 55.0 Å². The number of halogens is 3. The molecule has 362 valence electrons. The summed E-state index contributed by atoms with van der Waals surface area (Å²) in [5.41, 5.74) is -4.07. The van der Waals surface area contributed by atoms with Crippen LogP contribution in [-0.2, 0) is 41.7 Å². The standard InChI is InChI=1S/C47H63F3N6O9S/c1-5-55-23-17-31(18-24-55)64-32-13-14-35-34(25-32)33-16-19-45(65-38(33)39(51-35)47(48,49)50)26-37-40(57)53-46(42(59)54-66(61,62)44(4)21-22-44)20-15-30(46)11-9-7-6-8-10-12-36(41(58)56(37)28-45)52-43(60)63-27-29(2)3/h9,11,13-14,25,29-31,36-37H,5-8,10,12,15-24,26-28H2,1-4H3,(H,52,60)(H,53,57)(H,54,59)/b11-9-/t30-,36+,37+,45-,46-/m1/s1. The highest BCUT2D eigenvalue weighted by Crippen LogP contribution is 2.50. The van der Waals surface area contributed by atoms with Gasteiger partial charge in [-0.05, 0) is 108 Å². The number of hydrogen-bond acceptors (Lipinski definition) is 11. The van der Waals surface area contributed by atoms with Gasteiger partial charge in [0.05, 0.1) is 23.4 Å². The fourth-order valence-corrected chi connectivity index (χ4v) is 11.4. The number of ether oxygens (including phenoxy) is 3. The minimum absolute atomic E-state index is 0.00324. The van der Waals surface area contributed by atoms with Gasteiger partial charge >= 0.3 is 12.3 Å². The maximum absolute atomic E-state index is 15.1. The summed E-state index contributed by atoms with van der Waals surface area (Å²) in [6, 6.07) is 2.29. The van der Waals surface area contributed by atoms with Gasteiger partial charge in [0.2, 0.25) is 21.8 Å². The Hall–Kier alpha value is -4.65. The van der Waals surface area contributed by atoms with Crippen LogP contribution in [0.25, 0.3) is 10.9 Å². The largest absolute Gasteiger partial charge is 0.490 e. The molecule has 3 N–H and O–H groups in total. The number of rotatable bonds is 9. The number of nitrogens with zero attached hydrogens (tertiary/aromatic N) is 3. The number of nitrogens with one attached hydrogen (secondary N) is 3. The molecule has 0 bridgehead atoms. The lowest BCUT2D eigenvalue weighted by Crippen LogP contribution is -2.70. The lowest BCUT2D eigenvalue weighted by Gasteiger charge is -2.48. The van der Waals surface area contributed by atoms with E-state index in [0.717, 1.165) is 32.5 Å². The lowest BCUT2D eigenvalue weighted by atomic mass is 9.65. The molecular formula is C47H63F3N6O9S. The number of aryl methyl sites for hydroxylation is 1. The molecule has 1 aromatic heterocycles. The molecule has 0 radical (unpaired) electrons. The van der Waals surface area contributed by atoms with Crippen LogP contribution in [-0.4, -0.2) is 114 Å². The highest BCUT2D eigenvalue weighted by molar-refractivity contribution is 7.91. The number of pyridine rings is 1. The summed E-state index contributed by atoms with van der Waals surface area (Å²) in [5.74, 6) is -2.92. The van der Waals surface area contributed by atoms with Gasteiger partial charge in [0, 0.05) is 36.4 Å². The lowest BCUT2D eigenvalue weighted by molar-refractivity contribution is -0.145. The first-order chi connectivity index (χ1) is 31.3. The number of benzene rings is 1. The van der Waals surface area contributed by atoms with Crippen LogP contribution in [0.3, 0.4) is 0 Å². The number of alkyl halides is 3. The van der Waals surface area contributed by atoms with E-state index in [1.165, 1.54) is 11.0 Å². The third kappa shape index (κ3) is 9.70. The molecule has 6 aliphatic rings. The van der Waals surface area contributed by atoms with E-state index in [1.807, 2.05) is 26.0 Å². The van der Waals surface area contributed by atoms with E-state index in [0.29, 0.717) is 56.1 Å². The van der Waals surface area contributed by atoms with E-state index in [1.54, 1.807) is 19.1 Å². The van der Waals surface area contributed by atoms with Crippen LogP contribution in [0.5, 0.6) is 11.5 Å². The predicted octanol–water partition coefficient (Wildman–Crippen LogP) is 6.32. The van der Waals surface area contributed by atoms with Crippen molar-refractivity contribution in [3.63, 3.8) is 0 Å². The van der Waals surface area contributed by atoms with Crippen LogP contribution in [0, 0.1) is 11.8 Å². The summed E-state index contributed by atoms with van der Waals surface area (Å²) in [5, 5.41) is 6.02. The molecule has 4 fully saturated rings. The van der Waals surface area contributed by atoms with Gasteiger partial charge in [-0.1, -0.05) is 45.8 Å². The first-order valence-corrected chi connectivity index (χ1v) is 25.1. The van der Waals surface area contributed by atoms with Gasteiger partial charge in [-0.3, -0.25) is 19.1 Å². The van der Waals surface area contributed by atoms with Gasteiger partial charge in [0.25, 0.3) is 5.91 Å². The van der Waals surface area contributed by atoms with Crippen molar-refractivity contribution in [2.45, 2.75) is 158 Å². The first kappa shape index (κ1) is 47.8. The molecule has 5 atom stereocenters. The van der Waals surface area contributed by atoms with Gasteiger partial charge < -0.3 is 34.6 Å². The fraction of sp³-hybridized carbons (Fsp3) is 0.681. The number of fused-ring (bicyclic) bond motifs is 5. The molecule has 19 heteroatoms. The Bertz CT molecular complexity index is 2350. The molecule has 8 rings (SSSR count). The van der Waals surface area contributed by atoms with Crippen LogP contribution in [0.1, 0.15) is 122 Å². The zero-order valence-corrected chi connectivity index (χ0v) is 39.1. The number of amides is 4. The second kappa shape index (κ2) is 18.4. The molecule has 1 aromatic carbocycles. The summed E-state index contributed by atoms with van der Waals surface area (Å²) in [6.07, 6.45) is 3.43. The Morgan fingerprint density at radius 2 is 1.80 bits per heavy atom. The molecule has 2 aliphatic carbocycles. The Balaban J connectivity index is 1.15. The quantitative estimate of drug-likeness (QED) is 0.239. The van der Waals surface area contributed by atoms with Crippen LogP contribution in [0.2, 0.25) is 0 Å². The van der Waals surface area contributed by atoms with Crippen molar-refractivity contribution in [2.24, 2.45) is 11.8 Å². The van der Waals surface area contributed by atoms with E-state index in [9.17, 15) is 27.6 Å². The molecule has 2 saturated heterocycles. The number of sulfonamides is 1. The van der Waals surface area contributed by atoms with Crippen molar-refractivity contribution >= 4 is 44.7 Å². The first-order valence-electron chi connectivity index (χ1n) is 23.7. The third-order valence-electron chi connectivity index (χ3n) is 14.6.